The fourth-order valence-corrected chi connectivity index (χ4v) is 2.70. The number of hydrogen-bond acceptors (Lipinski definition) is 6. The molecule has 1 aliphatic rings. The van der Waals surface area contributed by atoms with Crippen molar-refractivity contribution >= 4 is 17.5 Å². The Morgan fingerprint density at radius 1 is 1.14 bits per heavy atom. The van der Waals surface area contributed by atoms with Crippen molar-refractivity contribution in [3.05, 3.63) is 24.0 Å². The highest BCUT2D eigenvalue weighted by Gasteiger charge is 2.23. The largest absolute Gasteiger partial charge is 0.341 e. The summed E-state index contributed by atoms with van der Waals surface area (Å²) in [7, 11) is 4.24. The van der Waals surface area contributed by atoms with Gasteiger partial charge >= 0.3 is 0 Å². The molecule has 8 heteroatoms. The molecule has 112 valence electrons. The average Bonchev–Trinajstić information content (AvgIpc) is 3.01. The first kappa shape index (κ1) is 14.2. The van der Waals surface area contributed by atoms with E-state index in [0.29, 0.717) is 17.9 Å². The van der Waals surface area contributed by atoms with Gasteiger partial charge in [0.25, 0.3) is 0 Å². The van der Waals surface area contributed by atoms with Gasteiger partial charge in [-0.3, -0.25) is 4.57 Å². The SMILES string of the molecule is CN(C)C1CCN(c2nc(Cl)nc(-n3ccnc3)n2)CC1. The number of imidazole rings is 1. The van der Waals surface area contributed by atoms with Crippen molar-refractivity contribution < 1.29 is 0 Å². The summed E-state index contributed by atoms with van der Waals surface area (Å²) in [5.74, 6) is 1.13. The molecule has 0 aliphatic carbocycles. The van der Waals surface area contributed by atoms with Gasteiger partial charge in [-0.25, -0.2) is 4.98 Å². The second kappa shape index (κ2) is 5.95. The fraction of sp³-hybridized carbons (Fsp3) is 0.538. The second-order valence-corrected chi connectivity index (χ2v) is 5.69. The lowest BCUT2D eigenvalue weighted by Gasteiger charge is -2.35. The van der Waals surface area contributed by atoms with Crippen molar-refractivity contribution in [1.29, 1.82) is 0 Å². The smallest absolute Gasteiger partial charge is 0.241 e. The Morgan fingerprint density at radius 2 is 1.86 bits per heavy atom. The first-order valence-electron chi connectivity index (χ1n) is 6.95. The summed E-state index contributed by atoms with van der Waals surface area (Å²) < 4.78 is 1.73. The molecule has 0 radical (unpaired) electrons. The fourth-order valence-electron chi connectivity index (χ4n) is 2.55. The zero-order chi connectivity index (χ0) is 14.8. The topological polar surface area (TPSA) is 63.0 Å². The lowest BCUT2D eigenvalue weighted by atomic mass is 10.0. The lowest BCUT2D eigenvalue weighted by Crippen LogP contribution is -2.42. The minimum atomic E-state index is 0.207. The van der Waals surface area contributed by atoms with Crippen LogP contribution < -0.4 is 4.90 Å². The molecule has 21 heavy (non-hydrogen) atoms. The van der Waals surface area contributed by atoms with Crippen LogP contribution in [-0.4, -0.2) is 62.6 Å². The van der Waals surface area contributed by atoms with Gasteiger partial charge in [0, 0.05) is 31.5 Å². The average molecular weight is 308 g/mol. The van der Waals surface area contributed by atoms with E-state index in [4.69, 9.17) is 11.6 Å². The number of piperidine rings is 1. The molecule has 0 amide bonds. The minimum Gasteiger partial charge on any atom is -0.341 e. The molecule has 0 N–H and O–H groups in total. The van der Waals surface area contributed by atoms with Crippen molar-refractivity contribution in [3.8, 4) is 5.95 Å². The number of nitrogens with zero attached hydrogens (tertiary/aromatic N) is 7. The van der Waals surface area contributed by atoms with Crippen LogP contribution in [0.15, 0.2) is 18.7 Å². The molecule has 7 nitrogen and oxygen atoms in total. The van der Waals surface area contributed by atoms with Gasteiger partial charge in [-0.1, -0.05) is 0 Å². The molecule has 0 atom stereocenters. The van der Waals surface area contributed by atoms with Gasteiger partial charge < -0.3 is 9.80 Å². The summed E-state index contributed by atoms with van der Waals surface area (Å²) >= 11 is 6.03. The van der Waals surface area contributed by atoms with Crippen molar-refractivity contribution in [2.75, 3.05) is 32.1 Å². The van der Waals surface area contributed by atoms with Gasteiger partial charge in [0.2, 0.25) is 17.2 Å². The summed E-state index contributed by atoms with van der Waals surface area (Å²) in [6.07, 6.45) is 7.30. The maximum Gasteiger partial charge on any atom is 0.241 e. The number of anilines is 1. The van der Waals surface area contributed by atoms with E-state index < -0.39 is 0 Å². The highest BCUT2D eigenvalue weighted by atomic mass is 35.5. The first-order valence-corrected chi connectivity index (χ1v) is 7.32. The Kier molecular flexibility index (Phi) is 4.03. The van der Waals surface area contributed by atoms with Crippen molar-refractivity contribution in [2.24, 2.45) is 0 Å². The van der Waals surface area contributed by atoms with E-state index in [1.165, 1.54) is 0 Å². The van der Waals surface area contributed by atoms with Crippen LogP contribution in [0.25, 0.3) is 5.95 Å². The van der Waals surface area contributed by atoms with Gasteiger partial charge in [-0.2, -0.15) is 15.0 Å². The second-order valence-electron chi connectivity index (χ2n) is 5.36. The van der Waals surface area contributed by atoms with Crippen molar-refractivity contribution in [1.82, 2.24) is 29.4 Å². The predicted octanol–water partition coefficient (Wildman–Crippen LogP) is 1.24. The maximum atomic E-state index is 6.03. The standard InChI is InChI=1S/C13H18ClN7/c1-19(2)10-3-6-20(7-4-10)12-16-11(14)17-13(18-12)21-8-5-15-9-21/h5,8-10H,3-4,6-7H2,1-2H3. The van der Waals surface area contributed by atoms with E-state index in [9.17, 15) is 0 Å². The predicted molar refractivity (Wildman–Crippen MR) is 80.9 cm³/mol. The molecular formula is C13H18ClN7. The van der Waals surface area contributed by atoms with Gasteiger partial charge in [0.1, 0.15) is 6.33 Å². The molecule has 0 bridgehead atoms. The molecule has 0 aromatic carbocycles. The number of aromatic nitrogens is 5. The Labute approximate surface area is 128 Å². The van der Waals surface area contributed by atoms with Crippen molar-refractivity contribution in [3.63, 3.8) is 0 Å². The third-order valence-corrected chi connectivity index (χ3v) is 3.97. The van der Waals surface area contributed by atoms with Crippen LogP contribution in [0.4, 0.5) is 5.95 Å². The highest BCUT2D eigenvalue weighted by Crippen LogP contribution is 2.20. The van der Waals surface area contributed by atoms with E-state index >= 15 is 0 Å². The summed E-state index contributed by atoms with van der Waals surface area (Å²) in [5.41, 5.74) is 0. The van der Waals surface area contributed by atoms with Gasteiger partial charge in [0.05, 0.1) is 0 Å². The van der Waals surface area contributed by atoms with Gasteiger partial charge in [-0.15, -0.1) is 0 Å². The van der Waals surface area contributed by atoms with Crippen LogP contribution >= 0.6 is 11.6 Å². The molecule has 2 aromatic rings. The van der Waals surface area contributed by atoms with Crippen LogP contribution in [0.2, 0.25) is 5.28 Å². The Bertz CT molecular complexity index is 591. The molecule has 1 fully saturated rings. The van der Waals surface area contributed by atoms with E-state index in [-0.39, 0.29) is 5.28 Å². The van der Waals surface area contributed by atoms with E-state index in [1.54, 1.807) is 23.3 Å². The molecule has 0 spiro atoms. The quantitative estimate of drug-likeness (QED) is 0.850. The molecule has 0 unspecified atom stereocenters. The zero-order valence-electron chi connectivity index (χ0n) is 12.1. The molecule has 3 rings (SSSR count). The summed E-state index contributed by atoms with van der Waals surface area (Å²) in [4.78, 5) is 21.3. The Balaban J connectivity index is 1.80. The lowest BCUT2D eigenvalue weighted by molar-refractivity contribution is 0.249. The normalized spacial score (nSPS) is 16.7. The molecule has 1 aliphatic heterocycles. The third kappa shape index (κ3) is 3.14. The first-order chi connectivity index (χ1) is 10.1. The summed E-state index contributed by atoms with van der Waals surface area (Å²) in [5, 5.41) is 0.207. The van der Waals surface area contributed by atoms with Crippen LogP contribution in [0, 0.1) is 0 Å². The summed E-state index contributed by atoms with van der Waals surface area (Å²) in [6.45, 7) is 1.85. The van der Waals surface area contributed by atoms with E-state index in [1.807, 2.05) is 0 Å². The van der Waals surface area contributed by atoms with Crippen LogP contribution in [-0.2, 0) is 0 Å². The van der Waals surface area contributed by atoms with Crippen LogP contribution in [0.3, 0.4) is 0 Å². The molecular weight excluding hydrogens is 290 g/mol. The molecule has 2 aromatic heterocycles. The van der Waals surface area contributed by atoms with E-state index in [0.717, 1.165) is 25.9 Å². The zero-order valence-corrected chi connectivity index (χ0v) is 12.9. The van der Waals surface area contributed by atoms with Crippen molar-refractivity contribution in [2.45, 2.75) is 18.9 Å². The number of rotatable bonds is 3. The Morgan fingerprint density at radius 3 is 2.48 bits per heavy atom. The van der Waals surface area contributed by atoms with Crippen LogP contribution in [0.1, 0.15) is 12.8 Å². The molecule has 1 saturated heterocycles. The number of hydrogen-bond donors (Lipinski definition) is 0. The Hall–Kier alpha value is -1.73. The molecule has 3 heterocycles. The number of halogens is 1. The van der Waals surface area contributed by atoms with E-state index in [2.05, 4.69) is 43.8 Å². The summed E-state index contributed by atoms with van der Waals surface area (Å²) in [6, 6.07) is 0.617. The highest BCUT2D eigenvalue weighted by molar-refractivity contribution is 6.28. The van der Waals surface area contributed by atoms with Gasteiger partial charge in [-0.05, 0) is 38.5 Å². The van der Waals surface area contributed by atoms with Crippen LogP contribution in [0.5, 0.6) is 0 Å². The maximum absolute atomic E-state index is 6.03. The third-order valence-electron chi connectivity index (χ3n) is 3.80. The minimum absolute atomic E-state index is 0.207. The van der Waals surface area contributed by atoms with Gasteiger partial charge in [0.15, 0.2) is 0 Å². The molecule has 0 saturated carbocycles. The monoisotopic (exact) mass is 307 g/mol.